The van der Waals surface area contributed by atoms with Gasteiger partial charge in [-0.1, -0.05) is 71.7 Å². The number of benzene rings is 3. The Kier molecular flexibility index (Phi) is 8.87. The molecule has 0 aliphatic rings. The number of hydrogen-bond donors (Lipinski definition) is 1. The van der Waals surface area contributed by atoms with Crippen molar-refractivity contribution in [1.82, 2.24) is 10.2 Å². The summed E-state index contributed by atoms with van der Waals surface area (Å²) in [5, 5.41) is 3.57. The molecule has 33 heavy (non-hydrogen) atoms. The zero-order valence-electron chi connectivity index (χ0n) is 18.2. The molecule has 0 radical (unpaired) electrons. The standard InChI is InChI=1S/C26H25Cl2FN2O2/c1-2-30-26(33)24(15-18-7-4-3-5-8-18)31(17-19-11-13-20(27)14-12-19)25(32)16-21-22(28)9-6-10-23(21)29/h3-14,24H,2,15-17H2,1H3,(H,30,33)/t24-/m1/s1. The molecular formula is C26H25Cl2FN2O2. The summed E-state index contributed by atoms with van der Waals surface area (Å²) >= 11 is 12.2. The lowest BCUT2D eigenvalue weighted by atomic mass is 10.0. The van der Waals surface area contributed by atoms with Gasteiger partial charge in [0.15, 0.2) is 0 Å². The van der Waals surface area contributed by atoms with Crippen LogP contribution < -0.4 is 5.32 Å². The van der Waals surface area contributed by atoms with Crippen LogP contribution in [0.15, 0.2) is 72.8 Å². The second-order valence-electron chi connectivity index (χ2n) is 7.63. The molecule has 0 heterocycles. The van der Waals surface area contributed by atoms with E-state index in [2.05, 4.69) is 5.32 Å². The third-order valence-electron chi connectivity index (χ3n) is 5.28. The number of amides is 2. The highest BCUT2D eigenvalue weighted by atomic mass is 35.5. The summed E-state index contributed by atoms with van der Waals surface area (Å²) in [7, 11) is 0. The van der Waals surface area contributed by atoms with E-state index in [9.17, 15) is 14.0 Å². The third-order valence-corrected chi connectivity index (χ3v) is 5.88. The van der Waals surface area contributed by atoms with Crippen LogP contribution >= 0.6 is 23.2 Å². The SMILES string of the molecule is CCNC(=O)[C@@H](Cc1ccccc1)N(Cc1ccc(Cl)cc1)C(=O)Cc1c(F)cccc1Cl. The average Bonchev–Trinajstić information content (AvgIpc) is 2.80. The van der Waals surface area contributed by atoms with Gasteiger partial charge in [0.25, 0.3) is 0 Å². The molecule has 2 amide bonds. The van der Waals surface area contributed by atoms with Gasteiger partial charge < -0.3 is 10.2 Å². The van der Waals surface area contributed by atoms with Crippen molar-refractivity contribution in [3.05, 3.63) is 105 Å². The zero-order chi connectivity index (χ0) is 23.8. The summed E-state index contributed by atoms with van der Waals surface area (Å²) < 4.78 is 14.4. The molecule has 1 N–H and O–H groups in total. The van der Waals surface area contributed by atoms with Gasteiger partial charge in [-0.3, -0.25) is 9.59 Å². The van der Waals surface area contributed by atoms with Gasteiger partial charge in [-0.25, -0.2) is 4.39 Å². The van der Waals surface area contributed by atoms with Crippen LogP contribution in [0.2, 0.25) is 10.0 Å². The van der Waals surface area contributed by atoms with Crippen LogP contribution in [0.25, 0.3) is 0 Å². The molecule has 0 aliphatic heterocycles. The van der Waals surface area contributed by atoms with E-state index in [1.165, 1.54) is 17.0 Å². The molecule has 0 unspecified atom stereocenters. The zero-order valence-corrected chi connectivity index (χ0v) is 19.7. The molecule has 3 aromatic rings. The first kappa shape index (κ1) is 24.7. The van der Waals surface area contributed by atoms with Crippen molar-refractivity contribution in [3.8, 4) is 0 Å². The normalized spacial score (nSPS) is 11.6. The Bertz CT molecular complexity index is 1070. The fraction of sp³-hybridized carbons (Fsp3) is 0.231. The maximum Gasteiger partial charge on any atom is 0.243 e. The smallest absolute Gasteiger partial charge is 0.243 e. The van der Waals surface area contributed by atoms with E-state index in [0.717, 1.165) is 11.1 Å². The van der Waals surface area contributed by atoms with Crippen LogP contribution in [0, 0.1) is 5.82 Å². The van der Waals surface area contributed by atoms with Crippen molar-refractivity contribution in [1.29, 1.82) is 0 Å². The summed E-state index contributed by atoms with van der Waals surface area (Å²) in [6.07, 6.45) is 0.0563. The number of halogens is 3. The predicted molar refractivity (Wildman–Crippen MR) is 130 cm³/mol. The Morgan fingerprint density at radius 1 is 0.939 bits per heavy atom. The first-order chi connectivity index (χ1) is 15.9. The van der Waals surface area contributed by atoms with E-state index in [-0.39, 0.29) is 29.5 Å². The molecule has 0 aromatic heterocycles. The summed E-state index contributed by atoms with van der Waals surface area (Å²) in [5.74, 6) is -1.23. The fourth-order valence-electron chi connectivity index (χ4n) is 3.59. The maximum atomic E-state index is 14.4. The van der Waals surface area contributed by atoms with Crippen LogP contribution in [-0.4, -0.2) is 29.3 Å². The van der Waals surface area contributed by atoms with E-state index < -0.39 is 17.8 Å². The van der Waals surface area contributed by atoms with Crippen molar-refractivity contribution in [2.24, 2.45) is 0 Å². The molecule has 1 atom stereocenters. The minimum atomic E-state index is -0.791. The van der Waals surface area contributed by atoms with Crippen LogP contribution in [0.4, 0.5) is 4.39 Å². The van der Waals surface area contributed by atoms with E-state index in [1.54, 1.807) is 30.3 Å². The van der Waals surface area contributed by atoms with Gasteiger partial charge in [-0.05, 0) is 42.3 Å². The summed E-state index contributed by atoms with van der Waals surface area (Å²) in [5.41, 5.74) is 1.82. The monoisotopic (exact) mass is 486 g/mol. The molecule has 7 heteroatoms. The molecule has 3 rings (SSSR count). The minimum Gasteiger partial charge on any atom is -0.355 e. The minimum absolute atomic E-state index is 0.111. The highest BCUT2D eigenvalue weighted by Gasteiger charge is 2.31. The fourth-order valence-corrected chi connectivity index (χ4v) is 3.94. The Labute approximate surface area is 203 Å². The van der Waals surface area contributed by atoms with Crippen molar-refractivity contribution in [2.45, 2.75) is 32.4 Å². The lowest BCUT2D eigenvalue weighted by Gasteiger charge is -2.31. The molecule has 0 saturated carbocycles. The molecule has 3 aromatic carbocycles. The van der Waals surface area contributed by atoms with Gasteiger partial charge in [0.1, 0.15) is 11.9 Å². The van der Waals surface area contributed by atoms with E-state index >= 15 is 0 Å². The van der Waals surface area contributed by atoms with Gasteiger partial charge >= 0.3 is 0 Å². The van der Waals surface area contributed by atoms with Gasteiger partial charge in [0, 0.05) is 35.1 Å². The van der Waals surface area contributed by atoms with Crippen molar-refractivity contribution in [2.75, 3.05) is 6.54 Å². The molecule has 0 saturated heterocycles. The molecule has 0 bridgehead atoms. The van der Waals surface area contributed by atoms with Crippen LogP contribution in [-0.2, 0) is 29.0 Å². The van der Waals surface area contributed by atoms with E-state index in [0.29, 0.717) is 18.0 Å². The number of likely N-dealkylation sites (N-methyl/N-ethyl adjacent to an activating group) is 1. The molecule has 4 nitrogen and oxygen atoms in total. The molecule has 0 fully saturated rings. The first-order valence-electron chi connectivity index (χ1n) is 10.7. The summed E-state index contributed by atoms with van der Waals surface area (Å²) in [6.45, 7) is 2.41. The van der Waals surface area contributed by atoms with Crippen LogP contribution in [0.1, 0.15) is 23.6 Å². The highest BCUT2D eigenvalue weighted by molar-refractivity contribution is 6.31. The summed E-state index contributed by atoms with van der Waals surface area (Å²) in [4.78, 5) is 28.1. The van der Waals surface area contributed by atoms with Gasteiger partial charge in [-0.2, -0.15) is 0 Å². The lowest BCUT2D eigenvalue weighted by Crippen LogP contribution is -2.51. The Morgan fingerprint density at radius 2 is 1.64 bits per heavy atom. The number of nitrogens with zero attached hydrogens (tertiary/aromatic N) is 1. The van der Waals surface area contributed by atoms with Gasteiger partial charge in [0.05, 0.1) is 6.42 Å². The van der Waals surface area contributed by atoms with Crippen molar-refractivity contribution in [3.63, 3.8) is 0 Å². The predicted octanol–water partition coefficient (Wildman–Crippen LogP) is 5.45. The van der Waals surface area contributed by atoms with Crippen molar-refractivity contribution >= 4 is 35.0 Å². The molecule has 172 valence electrons. The third kappa shape index (κ3) is 6.80. The Balaban J connectivity index is 1.98. The van der Waals surface area contributed by atoms with E-state index in [1.807, 2.05) is 37.3 Å². The van der Waals surface area contributed by atoms with Crippen LogP contribution in [0.3, 0.4) is 0 Å². The van der Waals surface area contributed by atoms with Gasteiger partial charge in [-0.15, -0.1) is 0 Å². The quantitative estimate of drug-likeness (QED) is 0.437. The topological polar surface area (TPSA) is 49.4 Å². The second kappa shape index (κ2) is 11.8. The molecular weight excluding hydrogens is 462 g/mol. The number of hydrogen-bond acceptors (Lipinski definition) is 2. The molecule has 0 spiro atoms. The number of nitrogens with one attached hydrogen (secondary N) is 1. The largest absolute Gasteiger partial charge is 0.355 e. The number of carbonyl (C=O) groups is 2. The lowest BCUT2D eigenvalue weighted by molar-refractivity contribution is -0.140. The molecule has 0 aliphatic carbocycles. The maximum absolute atomic E-state index is 14.4. The van der Waals surface area contributed by atoms with Gasteiger partial charge in [0.2, 0.25) is 11.8 Å². The van der Waals surface area contributed by atoms with Crippen LogP contribution in [0.5, 0.6) is 0 Å². The van der Waals surface area contributed by atoms with Crippen molar-refractivity contribution < 1.29 is 14.0 Å². The average molecular weight is 487 g/mol. The second-order valence-corrected chi connectivity index (χ2v) is 8.47. The Hall–Kier alpha value is -2.89. The van der Waals surface area contributed by atoms with E-state index in [4.69, 9.17) is 23.2 Å². The number of rotatable bonds is 9. The summed E-state index contributed by atoms with van der Waals surface area (Å²) in [6, 6.07) is 20.0. The highest BCUT2D eigenvalue weighted by Crippen LogP contribution is 2.23. The first-order valence-corrected chi connectivity index (χ1v) is 11.4. The Morgan fingerprint density at radius 3 is 2.27 bits per heavy atom. The number of carbonyl (C=O) groups excluding carboxylic acids is 2.